The molecule has 2 fully saturated rings. The highest BCUT2D eigenvalue weighted by molar-refractivity contribution is 7.97. The van der Waals surface area contributed by atoms with Crippen LogP contribution >= 0.6 is 0 Å². The fraction of sp³-hybridized carbons (Fsp3) is 0.444. The number of phenols is 1. The van der Waals surface area contributed by atoms with Gasteiger partial charge < -0.3 is 9.84 Å². The molecule has 0 bridgehead atoms. The molecule has 110 valence electrons. The van der Waals surface area contributed by atoms with E-state index < -0.39 is 0 Å². The minimum atomic E-state index is 0.256. The number of hydrogen-bond donors (Lipinski definition) is 1. The molecular formula is C18H21O2S+. The Labute approximate surface area is 128 Å². The molecular weight excluding hydrogens is 280 g/mol. The van der Waals surface area contributed by atoms with Crippen molar-refractivity contribution in [1.82, 2.24) is 0 Å². The predicted molar refractivity (Wildman–Crippen MR) is 88.1 cm³/mol. The van der Waals surface area contributed by atoms with Crippen LogP contribution in [0.15, 0.2) is 41.3 Å². The first-order chi connectivity index (χ1) is 10.3. The quantitative estimate of drug-likeness (QED) is 0.810. The lowest BCUT2D eigenvalue weighted by Gasteiger charge is -2.34. The van der Waals surface area contributed by atoms with Crippen molar-refractivity contribution in [2.75, 3.05) is 12.4 Å². The van der Waals surface area contributed by atoms with E-state index >= 15 is 0 Å². The highest BCUT2D eigenvalue weighted by Gasteiger charge is 2.45. The fourth-order valence-electron chi connectivity index (χ4n) is 3.78. The first kappa shape index (κ1) is 13.5. The Bertz CT molecular complexity index is 653. The van der Waals surface area contributed by atoms with Gasteiger partial charge in [-0.15, -0.1) is 0 Å². The number of fused-ring (bicyclic) bond motifs is 2. The topological polar surface area (TPSA) is 29.5 Å². The third-order valence-electron chi connectivity index (χ3n) is 4.79. The first-order valence-electron chi connectivity index (χ1n) is 7.86. The van der Waals surface area contributed by atoms with E-state index in [1.54, 1.807) is 0 Å². The zero-order valence-corrected chi connectivity index (χ0v) is 12.9. The zero-order valence-electron chi connectivity index (χ0n) is 12.1. The lowest BCUT2D eigenvalue weighted by atomic mass is 9.97. The van der Waals surface area contributed by atoms with Gasteiger partial charge >= 0.3 is 0 Å². The van der Waals surface area contributed by atoms with Crippen LogP contribution in [0.3, 0.4) is 0 Å². The van der Waals surface area contributed by atoms with E-state index in [0.29, 0.717) is 17.1 Å². The van der Waals surface area contributed by atoms with Crippen LogP contribution in [0.1, 0.15) is 25.7 Å². The summed E-state index contributed by atoms with van der Waals surface area (Å²) in [4.78, 5) is 1.43. The summed E-state index contributed by atoms with van der Waals surface area (Å²) in [6, 6.07) is 12.3. The maximum atomic E-state index is 10.1. The van der Waals surface area contributed by atoms with Crippen LogP contribution in [0.2, 0.25) is 0 Å². The number of phenolic OH excluding ortho intramolecular Hbond substituents is 1. The van der Waals surface area contributed by atoms with Crippen LogP contribution < -0.4 is 0 Å². The Hall–Kier alpha value is -1.19. The number of hydrogen-bond acceptors (Lipinski definition) is 2. The molecule has 2 aromatic rings. The molecule has 1 saturated carbocycles. The van der Waals surface area contributed by atoms with Crippen LogP contribution in [0.25, 0.3) is 10.8 Å². The van der Waals surface area contributed by atoms with Crippen LogP contribution in [0.5, 0.6) is 5.75 Å². The summed E-state index contributed by atoms with van der Waals surface area (Å²) in [6.07, 6.45) is 5.63. The van der Waals surface area contributed by atoms with Crippen molar-refractivity contribution in [2.45, 2.75) is 41.9 Å². The van der Waals surface area contributed by atoms with Gasteiger partial charge in [-0.1, -0.05) is 24.6 Å². The van der Waals surface area contributed by atoms with E-state index in [9.17, 15) is 5.11 Å². The Balaban J connectivity index is 1.80. The molecule has 1 aliphatic heterocycles. The molecule has 21 heavy (non-hydrogen) atoms. The average Bonchev–Trinajstić information content (AvgIpc) is 2.55. The molecule has 2 aromatic carbocycles. The maximum Gasteiger partial charge on any atom is 0.163 e. The van der Waals surface area contributed by atoms with Crippen molar-refractivity contribution in [3.63, 3.8) is 0 Å². The van der Waals surface area contributed by atoms with E-state index in [4.69, 9.17) is 4.74 Å². The molecule has 3 unspecified atom stereocenters. The van der Waals surface area contributed by atoms with Gasteiger partial charge in [0, 0.05) is 21.7 Å². The number of benzene rings is 2. The Morgan fingerprint density at radius 3 is 2.71 bits per heavy atom. The summed E-state index contributed by atoms with van der Waals surface area (Å²) in [6.45, 7) is 0.888. The van der Waals surface area contributed by atoms with Gasteiger partial charge in [0.25, 0.3) is 0 Å². The molecule has 3 heteroatoms. The van der Waals surface area contributed by atoms with Gasteiger partial charge in [-0.2, -0.15) is 0 Å². The molecule has 1 aliphatic carbocycles. The van der Waals surface area contributed by atoms with E-state index in [-0.39, 0.29) is 10.9 Å². The lowest BCUT2D eigenvalue weighted by molar-refractivity contribution is 0.0343. The summed E-state index contributed by atoms with van der Waals surface area (Å²) >= 11 is 0. The molecule has 2 nitrogen and oxygen atoms in total. The van der Waals surface area contributed by atoms with Crippen LogP contribution in [-0.2, 0) is 15.6 Å². The Kier molecular flexibility index (Phi) is 3.56. The second-order valence-corrected chi connectivity index (χ2v) is 8.30. The first-order valence-corrected chi connectivity index (χ1v) is 9.32. The molecule has 0 amide bonds. The predicted octanol–water partition coefficient (Wildman–Crippen LogP) is 3.86. The van der Waals surface area contributed by atoms with Crippen molar-refractivity contribution in [1.29, 1.82) is 0 Å². The van der Waals surface area contributed by atoms with Crippen molar-refractivity contribution < 1.29 is 9.84 Å². The fourth-order valence-corrected chi connectivity index (χ4v) is 6.64. The summed E-state index contributed by atoms with van der Waals surface area (Å²) in [5.41, 5.74) is 0. The molecule has 1 heterocycles. The maximum absolute atomic E-state index is 10.1. The number of aromatic hydroxyl groups is 1. The van der Waals surface area contributed by atoms with E-state index in [2.05, 4.69) is 18.2 Å². The van der Waals surface area contributed by atoms with Crippen molar-refractivity contribution in [3.8, 4) is 5.75 Å². The van der Waals surface area contributed by atoms with Crippen LogP contribution in [0, 0.1) is 0 Å². The van der Waals surface area contributed by atoms with Crippen LogP contribution in [-0.4, -0.2) is 28.8 Å². The largest absolute Gasteiger partial charge is 0.507 e. The SMILES string of the molecule is Oc1ccc([S+]2CCOC3CCCCC32)c2ccccc12. The standard InChI is InChI=1S/C18H20O2S/c19-15-9-10-17(14-6-2-1-5-13(14)15)21-12-11-20-16-7-3-4-8-18(16)21/h1-2,5-6,9-10,16,18H,3-4,7-8,11-12H2/p+1. The second kappa shape index (κ2) is 5.54. The Morgan fingerprint density at radius 1 is 1.00 bits per heavy atom. The monoisotopic (exact) mass is 301 g/mol. The summed E-state index contributed by atoms with van der Waals surface area (Å²) in [5.74, 6) is 1.53. The third-order valence-corrected chi connectivity index (χ3v) is 7.58. The molecule has 1 N–H and O–H groups in total. The van der Waals surface area contributed by atoms with Gasteiger partial charge in [-0.3, -0.25) is 0 Å². The van der Waals surface area contributed by atoms with E-state index in [0.717, 1.165) is 17.7 Å². The third kappa shape index (κ3) is 2.33. The summed E-state index contributed by atoms with van der Waals surface area (Å²) < 4.78 is 6.03. The minimum absolute atomic E-state index is 0.256. The van der Waals surface area contributed by atoms with Gasteiger partial charge in [-0.05, 0) is 37.5 Å². The van der Waals surface area contributed by atoms with Gasteiger partial charge in [-0.25, -0.2) is 0 Å². The summed E-state index contributed by atoms with van der Waals surface area (Å²) in [7, 11) is 0.256. The van der Waals surface area contributed by atoms with Crippen molar-refractivity contribution in [3.05, 3.63) is 36.4 Å². The molecule has 4 rings (SSSR count). The molecule has 0 aromatic heterocycles. The highest BCUT2D eigenvalue weighted by Crippen LogP contribution is 2.39. The molecule has 0 spiro atoms. The smallest absolute Gasteiger partial charge is 0.163 e. The average molecular weight is 301 g/mol. The highest BCUT2D eigenvalue weighted by atomic mass is 32.2. The van der Waals surface area contributed by atoms with Crippen molar-refractivity contribution >= 4 is 21.7 Å². The number of rotatable bonds is 1. The van der Waals surface area contributed by atoms with E-state index in [1.165, 1.54) is 36.0 Å². The van der Waals surface area contributed by atoms with Gasteiger partial charge in [0.05, 0.1) is 6.61 Å². The lowest BCUT2D eigenvalue weighted by Crippen LogP contribution is -2.45. The minimum Gasteiger partial charge on any atom is -0.507 e. The van der Waals surface area contributed by atoms with Gasteiger partial charge in [0.2, 0.25) is 0 Å². The normalized spacial score (nSPS) is 29.2. The molecule has 1 saturated heterocycles. The Morgan fingerprint density at radius 2 is 1.81 bits per heavy atom. The molecule has 0 radical (unpaired) electrons. The van der Waals surface area contributed by atoms with Gasteiger partial charge in [0.15, 0.2) is 4.90 Å². The second-order valence-electron chi connectivity index (χ2n) is 5.99. The van der Waals surface area contributed by atoms with Gasteiger partial charge in [0.1, 0.15) is 22.9 Å². The molecule has 2 aliphatic rings. The van der Waals surface area contributed by atoms with Crippen molar-refractivity contribution in [2.24, 2.45) is 0 Å². The zero-order chi connectivity index (χ0) is 14.2. The van der Waals surface area contributed by atoms with E-state index in [1.807, 2.05) is 18.2 Å². The summed E-state index contributed by atoms with van der Waals surface area (Å²) in [5, 5.41) is 13.0. The van der Waals surface area contributed by atoms with Crippen LogP contribution in [0.4, 0.5) is 0 Å². The molecule has 3 atom stereocenters. The number of ether oxygens (including phenoxy) is 1.